The molecule has 30 heavy (non-hydrogen) atoms. The van der Waals surface area contributed by atoms with E-state index < -0.39 is 17.0 Å². The van der Waals surface area contributed by atoms with Crippen molar-refractivity contribution in [2.45, 2.75) is 29.4 Å². The summed E-state index contributed by atoms with van der Waals surface area (Å²) in [6, 6.07) is 12.7. The van der Waals surface area contributed by atoms with Gasteiger partial charge in [-0.2, -0.15) is 0 Å². The van der Waals surface area contributed by atoms with E-state index in [0.29, 0.717) is 24.5 Å². The number of benzene rings is 2. The van der Waals surface area contributed by atoms with Crippen LogP contribution >= 0.6 is 11.8 Å². The zero-order valence-corrected chi connectivity index (χ0v) is 17.2. The first-order chi connectivity index (χ1) is 14.5. The third-order valence-electron chi connectivity index (χ3n) is 5.21. The number of likely N-dealkylation sites (tertiary alicyclic amines) is 1. The lowest BCUT2D eigenvalue weighted by Gasteiger charge is -2.36. The molecule has 2 aliphatic heterocycles. The Morgan fingerprint density at radius 3 is 2.47 bits per heavy atom. The number of rotatable bonds is 4. The van der Waals surface area contributed by atoms with Crippen molar-refractivity contribution in [1.82, 2.24) is 4.90 Å². The van der Waals surface area contributed by atoms with Crippen molar-refractivity contribution in [2.75, 3.05) is 29.9 Å². The standard InChI is InChI=1S/C22H22FN3O3S/c23-15-8-10-16(11-9-15)24-19(27)14-26-17-6-2-3-7-18(17)30-20(22(26)29)21(28)25-12-4-1-5-13-25/h2-3,6-11,20H,1,4-5,12-14H2,(H,24,27)/t20-/m0/s1. The Balaban J connectivity index is 1.54. The maximum Gasteiger partial charge on any atom is 0.250 e. The molecule has 6 nitrogen and oxygen atoms in total. The Morgan fingerprint density at radius 1 is 1.03 bits per heavy atom. The maximum absolute atomic E-state index is 13.2. The highest BCUT2D eigenvalue weighted by Crippen LogP contribution is 2.39. The number of halogens is 1. The summed E-state index contributed by atoms with van der Waals surface area (Å²) in [5.74, 6) is -1.39. The van der Waals surface area contributed by atoms with E-state index in [9.17, 15) is 18.8 Å². The van der Waals surface area contributed by atoms with E-state index in [-0.39, 0.29) is 18.4 Å². The minimum atomic E-state index is -0.892. The van der Waals surface area contributed by atoms with Crippen molar-refractivity contribution in [3.63, 3.8) is 0 Å². The van der Waals surface area contributed by atoms with Gasteiger partial charge in [-0.3, -0.25) is 14.4 Å². The first-order valence-electron chi connectivity index (χ1n) is 9.94. The fraction of sp³-hybridized carbons (Fsp3) is 0.318. The lowest BCUT2D eigenvalue weighted by Crippen LogP contribution is -2.52. The van der Waals surface area contributed by atoms with Gasteiger partial charge in [0.25, 0.3) is 5.91 Å². The van der Waals surface area contributed by atoms with Crippen LogP contribution < -0.4 is 10.2 Å². The minimum Gasteiger partial charge on any atom is -0.341 e. The van der Waals surface area contributed by atoms with Crippen molar-refractivity contribution < 1.29 is 18.8 Å². The molecule has 0 aromatic heterocycles. The van der Waals surface area contributed by atoms with Gasteiger partial charge < -0.3 is 15.1 Å². The Hall–Kier alpha value is -2.87. The number of nitrogens with zero attached hydrogens (tertiary/aromatic N) is 2. The molecule has 2 aromatic rings. The number of para-hydroxylation sites is 1. The number of thioether (sulfide) groups is 1. The number of piperidine rings is 1. The van der Waals surface area contributed by atoms with E-state index in [1.165, 1.54) is 40.9 Å². The first-order valence-corrected chi connectivity index (χ1v) is 10.8. The largest absolute Gasteiger partial charge is 0.341 e. The molecule has 1 atom stereocenters. The summed E-state index contributed by atoms with van der Waals surface area (Å²) in [4.78, 5) is 42.8. The molecule has 8 heteroatoms. The van der Waals surface area contributed by atoms with Crippen LogP contribution in [0.5, 0.6) is 0 Å². The zero-order valence-electron chi connectivity index (χ0n) is 16.3. The highest BCUT2D eigenvalue weighted by molar-refractivity contribution is 8.01. The predicted molar refractivity (Wildman–Crippen MR) is 114 cm³/mol. The number of carbonyl (C=O) groups excluding carboxylic acids is 3. The Kier molecular flexibility index (Phi) is 6.03. The molecule has 1 fully saturated rings. The van der Waals surface area contributed by atoms with Crippen molar-refractivity contribution in [3.8, 4) is 0 Å². The van der Waals surface area contributed by atoms with Crippen LogP contribution in [0.2, 0.25) is 0 Å². The summed E-state index contributed by atoms with van der Waals surface area (Å²) in [5, 5.41) is 1.78. The molecule has 3 amide bonds. The van der Waals surface area contributed by atoms with Gasteiger partial charge in [-0.05, 0) is 55.7 Å². The Labute approximate surface area is 178 Å². The average molecular weight is 428 g/mol. The van der Waals surface area contributed by atoms with E-state index in [1.54, 1.807) is 17.0 Å². The van der Waals surface area contributed by atoms with E-state index >= 15 is 0 Å². The second-order valence-corrected chi connectivity index (χ2v) is 8.48. The van der Waals surface area contributed by atoms with E-state index in [2.05, 4.69) is 5.32 Å². The van der Waals surface area contributed by atoms with Crippen LogP contribution in [-0.2, 0) is 14.4 Å². The highest BCUT2D eigenvalue weighted by atomic mass is 32.2. The number of anilines is 2. The SMILES string of the molecule is O=C(CN1C(=O)[C@H](C(=O)N2CCCCC2)Sc2ccccc21)Nc1ccc(F)cc1. The van der Waals surface area contributed by atoms with Crippen LogP contribution in [0.15, 0.2) is 53.4 Å². The summed E-state index contributed by atoms with van der Waals surface area (Å²) in [7, 11) is 0. The first kappa shape index (κ1) is 20.4. The van der Waals surface area contributed by atoms with Gasteiger partial charge in [0.15, 0.2) is 5.25 Å². The van der Waals surface area contributed by atoms with Crippen molar-refractivity contribution >= 4 is 40.9 Å². The third-order valence-corrected chi connectivity index (χ3v) is 6.45. The van der Waals surface area contributed by atoms with Gasteiger partial charge in [0.05, 0.1) is 5.69 Å². The maximum atomic E-state index is 13.2. The summed E-state index contributed by atoms with van der Waals surface area (Å²) < 4.78 is 13.1. The fourth-order valence-electron chi connectivity index (χ4n) is 3.69. The number of fused-ring (bicyclic) bond motifs is 1. The van der Waals surface area contributed by atoms with Gasteiger partial charge in [-0.25, -0.2) is 4.39 Å². The predicted octanol–water partition coefficient (Wildman–Crippen LogP) is 3.28. The van der Waals surface area contributed by atoms with Gasteiger partial charge in [0, 0.05) is 23.7 Å². The summed E-state index contributed by atoms with van der Waals surface area (Å²) >= 11 is 1.25. The lowest BCUT2D eigenvalue weighted by molar-refractivity contribution is -0.135. The molecule has 2 aliphatic rings. The number of nitrogens with one attached hydrogen (secondary N) is 1. The number of amides is 3. The van der Waals surface area contributed by atoms with Gasteiger partial charge in [-0.15, -0.1) is 11.8 Å². The molecule has 0 bridgehead atoms. The van der Waals surface area contributed by atoms with Crippen LogP contribution in [-0.4, -0.2) is 47.5 Å². The summed E-state index contributed by atoms with van der Waals surface area (Å²) in [6.45, 7) is 1.10. The number of hydrogen-bond donors (Lipinski definition) is 1. The number of hydrogen-bond acceptors (Lipinski definition) is 4. The molecular formula is C22H22FN3O3S. The van der Waals surface area contributed by atoms with Crippen molar-refractivity contribution in [2.24, 2.45) is 0 Å². The van der Waals surface area contributed by atoms with Gasteiger partial charge >= 0.3 is 0 Å². The second kappa shape index (κ2) is 8.87. The lowest BCUT2D eigenvalue weighted by atomic mass is 10.1. The monoisotopic (exact) mass is 427 g/mol. The number of carbonyl (C=O) groups is 3. The van der Waals surface area contributed by atoms with Crippen LogP contribution in [0, 0.1) is 5.82 Å². The molecule has 1 N–H and O–H groups in total. The van der Waals surface area contributed by atoms with Crippen LogP contribution in [0.1, 0.15) is 19.3 Å². The summed E-state index contributed by atoms with van der Waals surface area (Å²) in [5.41, 5.74) is 1.05. The topological polar surface area (TPSA) is 69.7 Å². The minimum absolute atomic E-state index is 0.192. The molecule has 2 aromatic carbocycles. The van der Waals surface area contributed by atoms with E-state index in [0.717, 1.165) is 24.2 Å². The van der Waals surface area contributed by atoms with Crippen molar-refractivity contribution in [3.05, 3.63) is 54.3 Å². The molecule has 0 unspecified atom stereocenters. The molecule has 0 aliphatic carbocycles. The Morgan fingerprint density at radius 2 is 1.73 bits per heavy atom. The van der Waals surface area contributed by atoms with Crippen molar-refractivity contribution in [1.29, 1.82) is 0 Å². The van der Waals surface area contributed by atoms with Crippen LogP contribution in [0.3, 0.4) is 0 Å². The second-order valence-electron chi connectivity index (χ2n) is 7.33. The van der Waals surface area contributed by atoms with E-state index in [4.69, 9.17) is 0 Å². The van der Waals surface area contributed by atoms with Crippen LogP contribution in [0.4, 0.5) is 15.8 Å². The Bertz CT molecular complexity index is 960. The molecule has 156 valence electrons. The quantitative estimate of drug-likeness (QED) is 0.761. The molecule has 4 rings (SSSR count). The normalized spacial score (nSPS) is 18.7. The zero-order chi connectivity index (χ0) is 21.1. The van der Waals surface area contributed by atoms with Gasteiger partial charge in [0.2, 0.25) is 11.8 Å². The van der Waals surface area contributed by atoms with Gasteiger partial charge in [0.1, 0.15) is 12.4 Å². The molecule has 0 saturated carbocycles. The molecule has 0 spiro atoms. The third kappa shape index (κ3) is 4.33. The molecule has 0 radical (unpaired) electrons. The smallest absolute Gasteiger partial charge is 0.250 e. The van der Waals surface area contributed by atoms with Crippen LogP contribution in [0.25, 0.3) is 0 Å². The summed E-state index contributed by atoms with van der Waals surface area (Å²) in [6.07, 6.45) is 2.98. The molecular weight excluding hydrogens is 405 g/mol. The van der Waals surface area contributed by atoms with E-state index in [1.807, 2.05) is 12.1 Å². The fourth-order valence-corrected chi connectivity index (χ4v) is 4.88. The molecule has 2 heterocycles. The highest BCUT2D eigenvalue weighted by Gasteiger charge is 2.40. The average Bonchev–Trinajstić information content (AvgIpc) is 2.77. The van der Waals surface area contributed by atoms with Gasteiger partial charge in [-0.1, -0.05) is 12.1 Å². The molecule has 1 saturated heterocycles.